The Hall–Kier alpha value is -1.76. The van der Waals surface area contributed by atoms with Crippen molar-refractivity contribution in [3.8, 4) is 0 Å². The van der Waals surface area contributed by atoms with E-state index in [0.29, 0.717) is 11.0 Å². The van der Waals surface area contributed by atoms with E-state index in [9.17, 15) is 9.90 Å². The van der Waals surface area contributed by atoms with Crippen LogP contribution < -0.4 is 5.56 Å². The maximum Gasteiger partial charge on any atom is 0.280 e. The van der Waals surface area contributed by atoms with Gasteiger partial charge in [-0.25, -0.2) is 9.36 Å². The summed E-state index contributed by atoms with van der Waals surface area (Å²) in [6.45, 7) is 0.210. The zero-order valence-electron chi connectivity index (χ0n) is 11.6. The van der Waals surface area contributed by atoms with Gasteiger partial charge >= 0.3 is 0 Å². The van der Waals surface area contributed by atoms with E-state index in [1.807, 2.05) is 0 Å². The molecule has 1 fully saturated rings. The van der Waals surface area contributed by atoms with E-state index in [-0.39, 0.29) is 18.0 Å². The second kappa shape index (κ2) is 5.32. The molecule has 2 aromatic heterocycles. The van der Waals surface area contributed by atoms with Gasteiger partial charge in [0, 0.05) is 7.05 Å². The average molecular weight is 277 g/mol. The predicted molar refractivity (Wildman–Crippen MR) is 73.1 cm³/mol. The molecule has 7 heteroatoms. The highest BCUT2D eigenvalue weighted by molar-refractivity contribution is 5.72. The lowest BCUT2D eigenvalue weighted by atomic mass is 9.85. The molecule has 1 atom stereocenters. The summed E-state index contributed by atoms with van der Waals surface area (Å²) in [4.78, 5) is 12.3. The fraction of sp³-hybridized carbons (Fsp3) is 0.692. The number of hydrogen-bond acceptors (Lipinski definition) is 5. The van der Waals surface area contributed by atoms with Crippen LogP contribution in [0.25, 0.3) is 11.0 Å². The van der Waals surface area contributed by atoms with Crippen molar-refractivity contribution in [1.82, 2.24) is 24.8 Å². The van der Waals surface area contributed by atoms with E-state index in [2.05, 4.69) is 15.4 Å². The minimum atomic E-state index is -0.531. The SMILES string of the molecule is Cn1ncc2c(=O)n(CC(O)C3CCCCC3)nnc21. The lowest BCUT2D eigenvalue weighted by Gasteiger charge is -2.26. The van der Waals surface area contributed by atoms with Crippen molar-refractivity contribution >= 4 is 11.0 Å². The zero-order valence-corrected chi connectivity index (χ0v) is 11.6. The normalized spacial score (nSPS) is 18.5. The van der Waals surface area contributed by atoms with Crippen molar-refractivity contribution in [1.29, 1.82) is 0 Å². The highest BCUT2D eigenvalue weighted by atomic mass is 16.3. The van der Waals surface area contributed by atoms with Gasteiger partial charge in [-0.1, -0.05) is 24.5 Å². The molecule has 20 heavy (non-hydrogen) atoms. The van der Waals surface area contributed by atoms with Gasteiger partial charge < -0.3 is 5.11 Å². The van der Waals surface area contributed by atoms with E-state index in [4.69, 9.17) is 0 Å². The van der Waals surface area contributed by atoms with Crippen LogP contribution in [0.15, 0.2) is 11.0 Å². The molecular formula is C13H19N5O2. The smallest absolute Gasteiger partial charge is 0.280 e. The van der Waals surface area contributed by atoms with Crippen LogP contribution in [-0.2, 0) is 13.6 Å². The Morgan fingerprint density at radius 2 is 2.15 bits per heavy atom. The Balaban J connectivity index is 1.83. The highest BCUT2D eigenvalue weighted by Gasteiger charge is 2.23. The monoisotopic (exact) mass is 277 g/mol. The molecule has 1 N–H and O–H groups in total. The summed E-state index contributed by atoms with van der Waals surface area (Å²) in [5, 5.41) is 22.6. The van der Waals surface area contributed by atoms with Crippen LogP contribution in [0.3, 0.4) is 0 Å². The van der Waals surface area contributed by atoms with E-state index >= 15 is 0 Å². The first kappa shape index (κ1) is 13.2. The Morgan fingerprint density at radius 1 is 1.40 bits per heavy atom. The van der Waals surface area contributed by atoms with Gasteiger partial charge in [-0.15, -0.1) is 5.10 Å². The Labute approximate surface area is 116 Å². The Bertz CT molecular complexity index is 656. The van der Waals surface area contributed by atoms with Gasteiger partial charge in [0.25, 0.3) is 5.56 Å². The first-order valence-electron chi connectivity index (χ1n) is 7.10. The number of hydrogen-bond donors (Lipinski definition) is 1. The molecule has 0 aromatic carbocycles. The van der Waals surface area contributed by atoms with Crippen LogP contribution in [-0.4, -0.2) is 36.0 Å². The van der Waals surface area contributed by atoms with Crippen molar-refractivity contribution in [2.24, 2.45) is 13.0 Å². The van der Waals surface area contributed by atoms with Crippen LogP contribution in [0.2, 0.25) is 0 Å². The molecule has 0 saturated heterocycles. The van der Waals surface area contributed by atoms with Crippen LogP contribution in [0.1, 0.15) is 32.1 Å². The molecule has 2 heterocycles. The van der Waals surface area contributed by atoms with E-state index in [1.54, 1.807) is 7.05 Å². The molecule has 0 aliphatic heterocycles. The minimum absolute atomic E-state index is 0.210. The lowest BCUT2D eigenvalue weighted by Crippen LogP contribution is -2.34. The number of fused-ring (bicyclic) bond motifs is 1. The molecule has 1 aliphatic carbocycles. The standard InChI is InChI=1S/C13H19N5O2/c1-17-12-10(7-14-17)13(20)18(16-15-12)8-11(19)9-5-3-2-4-6-9/h7,9,11,19H,2-6,8H2,1H3. The lowest BCUT2D eigenvalue weighted by molar-refractivity contribution is 0.0645. The fourth-order valence-corrected chi connectivity index (χ4v) is 2.94. The molecule has 1 aliphatic rings. The molecular weight excluding hydrogens is 258 g/mol. The number of aromatic nitrogens is 5. The second-order valence-electron chi connectivity index (χ2n) is 5.55. The summed E-state index contributed by atoms with van der Waals surface area (Å²) >= 11 is 0. The number of aliphatic hydroxyl groups excluding tert-OH is 1. The number of aliphatic hydroxyl groups is 1. The number of aryl methyl sites for hydroxylation is 1. The van der Waals surface area contributed by atoms with Crippen molar-refractivity contribution in [2.45, 2.75) is 44.8 Å². The molecule has 0 spiro atoms. The van der Waals surface area contributed by atoms with Crippen LogP contribution in [0, 0.1) is 5.92 Å². The molecule has 3 rings (SSSR count). The Kier molecular flexibility index (Phi) is 3.52. The van der Waals surface area contributed by atoms with Crippen molar-refractivity contribution in [3.05, 3.63) is 16.6 Å². The third kappa shape index (κ3) is 2.33. The topological polar surface area (TPSA) is 85.8 Å². The molecule has 0 radical (unpaired) electrons. The van der Waals surface area contributed by atoms with Gasteiger partial charge in [0.15, 0.2) is 5.65 Å². The fourth-order valence-electron chi connectivity index (χ4n) is 2.94. The summed E-state index contributed by atoms with van der Waals surface area (Å²) in [6, 6.07) is 0. The largest absolute Gasteiger partial charge is 0.391 e. The summed E-state index contributed by atoms with van der Waals surface area (Å²) in [6.07, 6.45) is 6.57. The predicted octanol–water partition coefficient (Wildman–Crippen LogP) is 0.466. The molecule has 7 nitrogen and oxygen atoms in total. The van der Waals surface area contributed by atoms with E-state index < -0.39 is 6.10 Å². The molecule has 2 aromatic rings. The highest BCUT2D eigenvalue weighted by Crippen LogP contribution is 2.26. The second-order valence-corrected chi connectivity index (χ2v) is 5.55. The zero-order chi connectivity index (χ0) is 14.1. The number of nitrogens with zero attached hydrogens (tertiary/aromatic N) is 5. The van der Waals surface area contributed by atoms with E-state index in [1.165, 1.54) is 22.0 Å². The minimum Gasteiger partial charge on any atom is -0.391 e. The molecule has 0 amide bonds. The van der Waals surface area contributed by atoms with Crippen LogP contribution in [0.5, 0.6) is 0 Å². The number of rotatable bonds is 3. The third-order valence-electron chi connectivity index (χ3n) is 4.17. The van der Waals surface area contributed by atoms with E-state index in [0.717, 1.165) is 25.7 Å². The molecule has 108 valence electrons. The summed E-state index contributed by atoms with van der Waals surface area (Å²) in [5.74, 6) is 0.266. The molecule has 0 bridgehead atoms. The summed E-state index contributed by atoms with van der Waals surface area (Å²) in [7, 11) is 1.72. The van der Waals surface area contributed by atoms with Crippen molar-refractivity contribution < 1.29 is 5.11 Å². The maximum absolute atomic E-state index is 12.3. The molecule has 1 unspecified atom stereocenters. The first-order chi connectivity index (χ1) is 9.66. The van der Waals surface area contributed by atoms with Crippen LogP contribution in [0.4, 0.5) is 0 Å². The van der Waals surface area contributed by atoms with Gasteiger partial charge in [0.2, 0.25) is 0 Å². The average Bonchev–Trinajstić information content (AvgIpc) is 2.85. The molecule has 1 saturated carbocycles. The third-order valence-corrected chi connectivity index (χ3v) is 4.17. The van der Waals surface area contributed by atoms with Gasteiger partial charge in [0.1, 0.15) is 5.39 Å². The van der Waals surface area contributed by atoms with Gasteiger partial charge in [-0.05, 0) is 18.8 Å². The Morgan fingerprint density at radius 3 is 2.90 bits per heavy atom. The first-order valence-corrected chi connectivity index (χ1v) is 7.10. The summed E-state index contributed by atoms with van der Waals surface area (Å²) < 4.78 is 2.77. The van der Waals surface area contributed by atoms with Gasteiger partial charge in [0.05, 0.1) is 18.8 Å². The van der Waals surface area contributed by atoms with Gasteiger partial charge in [-0.3, -0.25) is 4.79 Å². The quantitative estimate of drug-likeness (QED) is 0.881. The summed E-state index contributed by atoms with van der Waals surface area (Å²) in [5.41, 5.74) is 0.233. The van der Waals surface area contributed by atoms with Crippen molar-refractivity contribution in [3.63, 3.8) is 0 Å². The van der Waals surface area contributed by atoms with Crippen molar-refractivity contribution in [2.75, 3.05) is 0 Å². The maximum atomic E-state index is 12.3. The van der Waals surface area contributed by atoms with Gasteiger partial charge in [-0.2, -0.15) is 5.10 Å². The van der Waals surface area contributed by atoms with Crippen LogP contribution >= 0.6 is 0 Å².